The molecule has 19 heavy (non-hydrogen) atoms. The van der Waals surface area contributed by atoms with E-state index in [1.807, 2.05) is 30.3 Å². The fourth-order valence-corrected chi connectivity index (χ4v) is 1.70. The largest absolute Gasteiger partial charge is 0.487 e. The monoisotopic (exact) mass is 252 g/mol. The molecule has 0 atom stereocenters. The number of terminal acetylenes is 1. The van der Waals surface area contributed by atoms with Crippen molar-refractivity contribution in [3.05, 3.63) is 65.2 Å². The highest BCUT2D eigenvalue weighted by molar-refractivity contribution is 5.91. The molecular formula is C16H12O3. The van der Waals surface area contributed by atoms with Gasteiger partial charge >= 0.3 is 5.97 Å². The van der Waals surface area contributed by atoms with Gasteiger partial charge in [-0.05, 0) is 17.7 Å². The molecule has 3 nitrogen and oxygen atoms in total. The molecule has 2 aromatic rings. The lowest BCUT2D eigenvalue weighted by Crippen LogP contribution is -2.05. The van der Waals surface area contributed by atoms with E-state index < -0.39 is 5.97 Å². The third kappa shape index (κ3) is 2.93. The Kier molecular flexibility index (Phi) is 3.84. The van der Waals surface area contributed by atoms with Gasteiger partial charge in [0, 0.05) is 0 Å². The Hall–Kier alpha value is -2.73. The van der Waals surface area contributed by atoms with Gasteiger partial charge in [0.05, 0.1) is 5.56 Å². The zero-order valence-corrected chi connectivity index (χ0v) is 10.2. The van der Waals surface area contributed by atoms with Crippen molar-refractivity contribution in [1.29, 1.82) is 0 Å². The Labute approximate surface area is 111 Å². The number of aromatic carboxylic acids is 1. The number of carboxylic acid groups (broad SMARTS) is 1. The first-order chi connectivity index (χ1) is 9.22. The van der Waals surface area contributed by atoms with Crippen LogP contribution in [0, 0.1) is 12.3 Å². The number of benzene rings is 2. The van der Waals surface area contributed by atoms with Crippen LogP contribution in [0.15, 0.2) is 48.5 Å². The molecule has 94 valence electrons. The van der Waals surface area contributed by atoms with Crippen LogP contribution in [0.3, 0.4) is 0 Å². The van der Waals surface area contributed by atoms with Gasteiger partial charge in [-0.3, -0.25) is 0 Å². The highest BCUT2D eigenvalue weighted by Crippen LogP contribution is 2.24. The van der Waals surface area contributed by atoms with Crippen molar-refractivity contribution in [3.63, 3.8) is 0 Å². The second-order valence-electron chi connectivity index (χ2n) is 3.91. The Morgan fingerprint density at radius 1 is 1.16 bits per heavy atom. The van der Waals surface area contributed by atoms with E-state index in [0.29, 0.717) is 5.56 Å². The lowest BCUT2D eigenvalue weighted by Gasteiger charge is -2.11. The number of para-hydroxylation sites is 1. The van der Waals surface area contributed by atoms with Gasteiger partial charge in [-0.15, -0.1) is 6.42 Å². The summed E-state index contributed by atoms with van der Waals surface area (Å²) in [4.78, 5) is 11.2. The zero-order chi connectivity index (χ0) is 13.7. The summed E-state index contributed by atoms with van der Waals surface area (Å²) in [6, 6.07) is 14.2. The Morgan fingerprint density at radius 2 is 1.89 bits per heavy atom. The molecule has 0 saturated carbocycles. The molecule has 0 radical (unpaired) electrons. The van der Waals surface area contributed by atoms with Crippen LogP contribution >= 0.6 is 0 Å². The lowest BCUT2D eigenvalue weighted by molar-refractivity contribution is 0.0691. The minimum absolute atomic E-state index is 0.0754. The molecule has 0 aliphatic heterocycles. The van der Waals surface area contributed by atoms with Gasteiger partial charge in [0.15, 0.2) is 0 Å². The molecule has 2 rings (SSSR count). The zero-order valence-electron chi connectivity index (χ0n) is 10.2. The minimum Gasteiger partial charge on any atom is -0.487 e. The van der Waals surface area contributed by atoms with Gasteiger partial charge in [-0.2, -0.15) is 0 Å². The second kappa shape index (κ2) is 5.74. The maximum Gasteiger partial charge on any atom is 0.339 e. The quantitative estimate of drug-likeness (QED) is 0.851. The van der Waals surface area contributed by atoms with Crippen molar-refractivity contribution >= 4 is 5.97 Å². The molecule has 0 aliphatic rings. The third-order valence-corrected chi connectivity index (χ3v) is 2.63. The van der Waals surface area contributed by atoms with E-state index in [4.69, 9.17) is 16.3 Å². The van der Waals surface area contributed by atoms with Crippen molar-refractivity contribution in [2.75, 3.05) is 0 Å². The van der Waals surface area contributed by atoms with Gasteiger partial charge in [-0.1, -0.05) is 42.3 Å². The summed E-state index contributed by atoms with van der Waals surface area (Å²) in [5.41, 5.74) is 1.47. The van der Waals surface area contributed by atoms with Gasteiger partial charge in [-0.25, -0.2) is 4.79 Å². The van der Waals surface area contributed by atoms with Gasteiger partial charge in [0.2, 0.25) is 0 Å². The van der Waals surface area contributed by atoms with Crippen molar-refractivity contribution in [2.24, 2.45) is 0 Å². The number of carboxylic acids is 1. The van der Waals surface area contributed by atoms with E-state index in [1.54, 1.807) is 12.1 Å². The fraction of sp³-hybridized carbons (Fsp3) is 0.0625. The second-order valence-corrected chi connectivity index (χ2v) is 3.91. The van der Waals surface area contributed by atoms with Crippen molar-refractivity contribution in [2.45, 2.75) is 6.61 Å². The van der Waals surface area contributed by atoms with Gasteiger partial charge in [0.1, 0.15) is 17.9 Å². The van der Waals surface area contributed by atoms with Crippen molar-refractivity contribution < 1.29 is 14.6 Å². The van der Waals surface area contributed by atoms with Crippen molar-refractivity contribution in [1.82, 2.24) is 0 Å². The summed E-state index contributed by atoms with van der Waals surface area (Å²) in [7, 11) is 0. The smallest absolute Gasteiger partial charge is 0.339 e. The molecule has 3 heteroatoms. The lowest BCUT2D eigenvalue weighted by atomic mass is 10.1. The molecule has 0 unspecified atom stereocenters. The number of hydrogen-bond acceptors (Lipinski definition) is 2. The minimum atomic E-state index is -1.06. The molecule has 0 amide bonds. The summed E-state index contributed by atoms with van der Waals surface area (Å²) in [5, 5.41) is 9.13. The molecule has 0 saturated heterocycles. The maximum absolute atomic E-state index is 11.2. The number of rotatable bonds is 4. The third-order valence-electron chi connectivity index (χ3n) is 2.63. The van der Waals surface area contributed by atoms with Gasteiger partial charge < -0.3 is 9.84 Å². The predicted molar refractivity (Wildman–Crippen MR) is 72.1 cm³/mol. The highest BCUT2D eigenvalue weighted by atomic mass is 16.5. The normalized spacial score (nSPS) is 9.63. The van der Waals surface area contributed by atoms with E-state index in [9.17, 15) is 4.79 Å². The van der Waals surface area contributed by atoms with E-state index >= 15 is 0 Å². The van der Waals surface area contributed by atoms with Crippen LogP contribution in [0.4, 0.5) is 0 Å². The van der Waals surface area contributed by atoms with E-state index in [-0.39, 0.29) is 17.9 Å². The van der Waals surface area contributed by atoms with Crippen LogP contribution in [0.25, 0.3) is 0 Å². The van der Waals surface area contributed by atoms with Crippen LogP contribution < -0.4 is 4.74 Å². The van der Waals surface area contributed by atoms with E-state index in [2.05, 4.69) is 5.92 Å². The molecule has 0 fully saturated rings. The fourth-order valence-electron chi connectivity index (χ4n) is 1.70. The van der Waals surface area contributed by atoms with Crippen LogP contribution in [-0.2, 0) is 6.61 Å². The Morgan fingerprint density at radius 3 is 2.53 bits per heavy atom. The van der Waals surface area contributed by atoms with Crippen molar-refractivity contribution in [3.8, 4) is 18.1 Å². The van der Waals surface area contributed by atoms with Crippen LogP contribution in [-0.4, -0.2) is 11.1 Å². The standard InChI is InChI=1S/C16H12O3/c1-2-13-9-6-10-14(16(17)18)15(13)19-11-12-7-4-3-5-8-12/h1,3-10H,11H2,(H,17,18). The first-order valence-electron chi connectivity index (χ1n) is 5.72. The molecule has 1 N–H and O–H groups in total. The first kappa shape index (κ1) is 12.7. The molecule has 0 bridgehead atoms. The first-order valence-corrected chi connectivity index (χ1v) is 5.72. The summed E-state index contributed by atoms with van der Waals surface area (Å²) in [6.45, 7) is 0.278. The van der Waals surface area contributed by atoms with E-state index in [0.717, 1.165) is 5.56 Å². The Bertz CT molecular complexity index is 624. The molecule has 2 aromatic carbocycles. The Balaban J connectivity index is 2.29. The van der Waals surface area contributed by atoms with Crippen LogP contribution in [0.2, 0.25) is 0 Å². The van der Waals surface area contributed by atoms with Gasteiger partial charge in [0.25, 0.3) is 0 Å². The van der Waals surface area contributed by atoms with Crippen LogP contribution in [0.5, 0.6) is 5.75 Å². The average molecular weight is 252 g/mol. The summed E-state index contributed by atoms with van der Waals surface area (Å²) in [5.74, 6) is 1.62. The molecule has 0 aromatic heterocycles. The SMILES string of the molecule is C#Cc1cccc(C(=O)O)c1OCc1ccccc1. The summed E-state index contributed by atoms with van der Waals surface area (Å²) >= 11 is 0. The molecule has 0 aliphatic carbocycles. The number of carbonyl (C=O) groups is 1. The summed E-state index contributed by atoms with van der Waals surface area (Å²) < 4.78 is 5.58. The average Bonchev–Trinajstić information content (AvgIpc) is 2.45. The van der Waals surface area contributed by atoms with E-state index in [1.165, 1.54) is 6.07 Å². The molecular weight excluding hydrogens is 240 g/mol. The number of hydrogen-bond donors (Lipinski definition) is 1. The molecule has 0 heterocycles. The highest BCUT2D eigenvalue weighted by Gasteiger charge is 2.14. The predicted octanol–water partition coefficient (Wildman–Crippen LogP) is 2.95. The maximum atomic E-state index is 11.2. The summed E-state index contributed by atoms with van der Waals surface area (Å²) in [6.07, 6.45) is 5.37. The molecule has 0 spiro atoms. The topological polar surface area (TPSA) is 46.5 Å². The van der Waals surface area contributed by atoms with Crippen LogP contribution in [0.1, 0.15) is 21.5 Å². The number of ether oxygens (including phenoxy) is 1.